The summed E-state index contributed by atoms with van der Waals surface area (Å²) in [6, 6.07) is 11.5. The molecule has 0 fully saturated rings. The van der Waals surface area contributed by atoms with Gasteiger partial charge in [-0.25, -0.2) is 9.18 Å². The van der Waals surface area contributed by atoms with Crippen LogP contribution in [-0.2, 0) is 11.2 Å². The SMILES string of the molecule is CC(C)NC(=O)N1CCCc2cc(C(C)C(=O)Nc3ccc(F)cc3)ccc21. The Morgan fingerprint density at radius 1 is 1.07 bits per heavy atom. The Morgan fingerprint density at radius 2 is 1.79 bits per heavy atom. The molecule has 0 radical (unpaired) electrons. The Balaban J connectivity index is 1.75. The Labute approximate surface area is 164 Å². The number of rotatable bonds is 4. The average Bonchev–Trinajstić information content (AvgIpc) is 2.67. The molecule has 6 heteroatoms. The number of hydrogen-bond donors (Lipinski definition) is 2. The third-order valence-electron chi connectivity index (χ3n) is 4.88. The van der Waals surface area contributed by atoms with Crippen LogP contribution in [0.4, 0.5) is 20.6 Å². The number of nitrogens with zero attached hydrogens (tertiary/aromatic N) is 1. The average molecular weight is 383 g/mol. The zero-order valence-corrected chi connectivity index (χ0v) is 16.5. The molecule has 3 amide bonds. The van der Waals surface area contributed by atoms with E-state index in [4.69, 9.17) is 0 Å². The van der Waals surface area contributed by atoms with Crippen molar-refractivity contribution in [2.45, 2.75) is 45.6 Å². The van der Waals surface area contributed by atoms with Crippen LogP contribution >= 0.6 is 0 Å². The number of fused-ring (bicyclic) bond motifs is 1. The summed E-state index contributed by atoms with van der Waals surface area (Å²) in [5, 5.41) is 5.75. The lowest BCUT2D eigenvalue weighted by atomic mass is 9.93. The van der Waals surface area contributed by atoms with Crippen molar-refractivity contribution in [3.8, 4) is 0 Å². The molecule has 3 rings (SSSR count). The Hall–Kier alpha value is -2.89. The predicted molar refractivity (Wildman–Crippen MR) is 109 cm³/mol. The minimum absolute atomic E-state index is 0.0762. The van der Waals surface area contributed by atoms with Crippen LogP contribution in [0.5, 0.6) is 0 Å². The first-order chi connectivity index (χ1) is 13.3. The first kappa shape index (κ1) is 19.9. The van der Waals surface area contributed by atoms with Crippen molar-refractivity contribution in [3.05, 3.63) is 59.4 Å². The van der Waals surface area contributed by atoms with E-state index in [2.05, 4.69) is 10.6 Å². The molecule has 28 heavy (non-hydrogen) atoms. The molecule has 1 aliphatic heterocycles. The van der Waals surface area contributed by atoms with Crippen LogP contribution in [0.1, 0.15) is 44.2 Å². The van der Waals surface area contributed by atoms with Gasteiger partial charge < -0.3 is 10.6 Å². The van der Waals surface area contributed by atoms with E-state index in [9.17, 15) is 14.0 Å². The molecular weight excluding hydrogens is 357 g/mol. The van der Waals surface area contributed by atoms with Gasteiger partial charge in [-0.3, -0.25) is 9.69 Å². The molecule has 0 saturated carbocycles. The van der Waals surface area contributed by atoms with E-state index in [-0.39, 0.29) is 29.7 Å². The summed E-state index contributed by atoms with van der Waals surface area (Å²) in [6.45, 7) is 6.40. The Bertz CT molecular complexity index is 865. The highest BCUT2D eigenvalue weighted by Gasteiger charge is 2.24. The highest BCUT2D eigenvalue weighted by Crippen LogP contribution is 2.31. The number of halogens is 1. The molecule has 1 unspecified atom stereocenters. The fraction of sp³-hybridized carbons (Fsp3) is 0.364. The first-order valence-electron chi connectivity index (χ1n) is 9.62. The lowest BCUT2D eigenvalue weighted by molar-refractivity contribution is -0.117. The highest BCUT2D eigenvalue weighted by atomic mass is 19.1. The minimum atomic E-state index is -0.366. The molecule has 2 aromatic carbocycles. The summed E-state index contributed by atoms with van der Waals surface area (Å²) in [5.74, 6) is -0.862. The Morgan fingerprint density at radius 3 is 2.46 bits per heavy atom. The molecule has 1 atom stereocenters. The molecule has 2 aromatic rings. The number of anilines is 2. The van der Waals surface area contributed by atoms with E-state index in [1.165, 1.54) is 24.3 Å². The molecular formula is C22H26FN3O2. The van der Waals surface area contributed by atoms with Gasteiger partial charge in [-0.1, -0.05) is 12.1 Å². The molecule has 0 bridgehead atoms. The zero-order valence-electron chi connectivity index (χ0n) is 16.5. The summed E-state index contributed by atoms with van der Waals surface area (Å²) in [6.07, 6.45) is 1.76. The van der Waals surface area contributed by atoms with Gasteiger partial charge in [0.25, 0.3) is 0 Å². The molecule has 0 spiro atoms. The second-order valence-corrected chi connectivity index (χ2v) is 7.47. The van der Waals surface area contributed by atoms with Gasteiger partial charge in [-0.15, -0.1) is 0 Å². The van der Waals surface area contributed by atoms with Gasteiger partial charge in [0.05, 0.1) is 5.92 Å². The lowest BCUT2D eigenvalue weighted by Gasteiger charge is -2.31. The van der Waals surface area contributed by atoms with Gasteiger partial charge >= 0.3 is 6.03 Å². The second kappa shape index (κ2) is 8.42. The van der Waals surface area contributed by atoms with Gasteiger partial charge in [0, 0.05) is 24.0 Å². The van der Waals surface area contributed by atoms with Crippen LogP contribution in [-0.4, -0.2) is 24.5 Å². The van der Waals surface area contributed by atoms with Crippen molar-refractivity contribution < 1.29 is 14.0 Å². The second-order valence-electron chi connectivity index (χ2n) is 7.47. The summed E-state index contributed by atoms with van der Waals surface area (Å²) in [5.41, 5.74) is 3.43. The fourth-order valence-corrected chi connectivity index (χ4v) is 3.36. The van der Waals surface area contributed by atoms with Crippen molar-refractivity contribution in [1.29, 1.82) is 0 Å². The van der Waals surface area contributed by atoms with Crippen molar-refractivity contribution in [3.63, 3.8) is 0 Å². The van der Waals surface area contributed by atoms with Crippen LogP contribution in [0.3, 0.4) is 0 Å². The van der Waals surface area contributed by atoms with E-state index >= 15 is 0 Å². The van der Waals surface area contributed by atoms with E-state index < -0.39 is 0 Å². The highest BCUT2D eigenvalue weighted by molar-refractivity contribution is 5.96. The third kappa shape index (κ3) is 4.50. The number of hydrogen-bond acceptors (Lipinski definition) is 2. The summed E-state index contributed by atoms with van der Waals surface area (Å²) in [4.78, 5) is 26.8. The normalized spacial score (nSPS) is 14.4. The number of urea groups is 1. The zero-order chi connectivity index (χ0) is 20.3. The van der Waals surface area contributed by atoms with Crippen LogP contribution in [0.25, 0.3) is 0 Å². The van der Waals surface area contributed by atoms with E-state index in [1.807, 2.05) is 39.0 Å². The summed E-state index contributed by atoms with van der Waals surface area (Å²) in [7, 11) is 0. The molecule has 5 nitrogen and oxygen atoms in total. The van der Waals surface area contributed by atoms with Crippen molar-refractivity contribution in [1.82, 2.24) is 5.32 Å². The van der Waals surface area contributed by atoms with Gasteiger partial charge in [-0.2, -0.15) is 0 Å². The minimum Gasteiger partial charge on any atom is -0.336 e. The Kier molecular flexibility index (Phi) is 5.97. The monoisotopic (exact) mass is 383 g/mol. The van der Waals surface area contributed by atoms with Crippen LogP contribution < -0.4 is 15.5 Å². The van der Waals surface area contributed by atoms with Crippen molar-refractivity contribution in [2.24, 2.45) is 0 Å². The fourth-order valence-electron chi connectivity index (χ4n) is 3.36. The van der Waals surface area contributed by atoms with E-state index in [1.54, 1.807) is 4.90 Å². The molecule has 1 aliphatic rings. The maximum absolute atomic E-state index is 13.0. The number of nitrogens with one attached hydrogen (secondary N) is 2. The van der Waals surface area contributed by atoms with Gasteiger partial charge in [0.2, 0.25) is 5.91 Å². The van der Waals surface area contributed by atoms with Crippen molar-refractivity contribution in [2.75, 3.05) is 16.8 Å². The number of carbonyl (C=O) groups excluding carboxylic acids is 2. The number of benzene rings is 2. The maximum atomic E-state index is 13.0. The molecule has 1 heterocycles. The molecule has 2 N–H and O–H groups in total. The first-order valence-corrected chi connectivity index (χ1v) is 9.62. The number of amides is 3. The molecule has 0 aromatic heterocycles. The van der Waals surface area contributed by atoms with E-state index in [0.717, 1.165) is 29.7 Å². The quantitative estimate of drug-likeness (QED) is 0.820. The smallest absolute Gasteiger partial charge is 0.322 e. The molecule has 0 saturated heterocycles. The molecule has 148 valence electrons. The summed E-state index contributed by atoms with van der Waals surface area (Å²) >= 11 is 0. The van der Waals surface area contributed by atoms with Gasteiger partial charge in [0.15, 0.2) is 0 Å². The standard InChI is InChI=1S/C22H26FN3O2/c1-14(2)24-22(28)26-12-4-5-17-13-16(6-11-20(17)26)15(3)21(27)25-19-9-7-18(23)8-10-19/h6-11,13-15H,4-5,12H2,1-3H3,(H,24,28)(H,25,27). The largest absolute Gasteiger partial charge is 0.336 e. The van der Waals surface area contributed by atoms with Crippen LogP contribution in [0.2, 0.25) is 0 Å². The van der Waals surface area contributed by atoms with Gasteiger partial charge in [-0.05, 0) is 75.1 Å². The van der Waals surface area contributed by atoms with E-state index in [0.29, 0.717) is 12.2 Å². The topological polar surface area (TPSA) is 61.4 Å². The number of carbonyl (C=O) groups is 2. The van der Waals surface area contributed by atoms with Crippen molar-refractivity contribution >= 4 is 23.3 Å². The number of aryl methyl sites for hydroxylation is 1. The molecule has 0 aliphatic carbocycles. The maximum Gasteiger partial charge on any atom is 0.322 e. The third-order valence-corrected chi connectivity index (χ3v) is 4.88. The predicted octanol–water partition coefficient (Wildman–Crippen LogP) is 4.44. The lowest BCUT2D eigenvalue weighted by Crippen LogP contribution is -2.45. The van der Waals surface area contributed by atoms with Crippen LogP contribution in [0.15, 0.2) is 42.5 Å². The van der Waals surface area contributed by atoms with Gasteiger partial charge in [0.1, 0.15) is 5.82 Å². The summed E-state index contributed by atoms with van der Waals surface area (Å²) < 4.78 is 13.0. The van der Waals surface area contributed by atoms with Crippen LogP contribution in [0, 0.1) is 5.82 Å².